The lowest BCUT2D eigenvalue weighted by atomic mass is 10.1. The van der Waals surface area contributed by atoms with E-state index >= 15 is 0 Å². The summed E-state index contributed by atoms with van der Waals surface area (Å²) in [6.45, 7) is 0. The van der Waals surface area contributed by atoms with Gasteiger partial charge in [0.05, 0.1) is 11.2 Å². The minimum absolute atomic E-state index is 0.0986. The van der Waals surface area contributed by atoms with Crippen molar-refractivity contribution in [2.24, 2.45) is 0 Å². The molecule has 0 saturated carbocycles. The summed E-state index contributed by atoms with van der Waals surface area (Å²) in [4.78, 5) is 13.1. The third-order valence-electron chi connectivity index (χ3n) is 4.78. The van der Waals surface area contributed by atoms with Crippen LogP contribution in [0.25, 0.3) is 22.4 Å². The third-order valence-corrected chi connectivity index (χ3v) is 4.78. The van der Waals surface area contributed by atoms with Crippen molar-refractivity contribution in [1.29, 1.82) is 5.41 Å². The number of benzene rings is 3. The predicted molar refractivity (Wildman–Crippen MR) is 112 cm³/mol. The molecule has 0 spiro atoms. The van der Waals surface area contributed by atoms with Gasteiger partial charge in [-0.05, 0) is 30.3 Å². The number of carbonyl (C=O) groups is 1. The first-order valence-corrected chi connectivity index (χ1v) is 9.37. The molecule has 2 heterocycles. The molecule has 5 rings (SSSR count). The normalized spacial score (nSPS) is 10.9. The second kappa shape index (κ2) is 7.21. The van der Waals surface area contributed by atoms with Gasteiger partial charge in [-0.3, -0.25) is 10.2 Å². The highest BCUT2D eigenvalue weighted by molar-refractivity contribution is 6.07. The largest absolute Gasteiger partial charge is 0.287 e. The topological polar surface area (TPSA) is 89.4 Å². The average molecular weight is 392 g/mol. The summed E-state index contributed by atoms with van der Waals surface area (Å²) in [5, 5.41) is 21.7. The van der Waals surface area contributed by atoms with Gasteiger partial charge in [-0.1, -0.05) is 65.9 Å². The number of hydrogen-bond acceptors (Lipinski definition) is 5. The van der Waals surface area contributed by atoms with Crippen LogP contribution in [0.3, 0.4) is 0 Å². The number of fused-ring (bicyclic) bond motifs is 1. The number of nitrogens with zero attached hydrogens (tertiary/aromatic N) is 5. The molecule has 1 N–H and O–H groups in total. The maximum Gasteiger partial charge on any atom is 0.213 e. The van der Waals surface area contributed by atoms with E-state index in [9.17, 15) is 4.79 Å². The van der Waals surface area contributed by atoms with Gasteiger partial charge in [0.25, 0.3) is 0 Å². The van der Waals surface area contributed by atoms with E-state index in [0.29, 0.717) is 22.5 Å². The van der Waals surface area contributed by atoms with Crippen LogP contribution >= 0.6 is 0 Å². The van der Waals surface area contributed by atoms with Gasteiger partial charge in [0.15, 0.2) is 5.49 Å². The number of rotatable bonds is 4. The van der Waals surface area contributed by atoms with Gasteiger partial charge in [-0.25, -0.2) is 9.36 Å². The molecule has 2 aromatic heterocycles. The van der Waals surface area contributed by atoms with E-state index in [1.807, 2.05) is 72.8 Å². The van der Waals surface area contributed by atoms with E-state index in [1.165, 1.54) is 4.68 Å². The predicted octanol–water partition coefficient (Wildman–Crippen LogP) is 3.32. The van der Waals surface area contributed by atoms with Gasteiger partial charge in [0.1, 0.15) is 16.9 Å². The molecular formula is C23H16N6O. The molecule has 0 fully saturated rings. The smallest absolute Gasteiger partial charge is 0.213 e. The first-order chi connectivity index (χ1) is 14.7. The summed E-state index contributed by atoms with van der Waals surface area (Å²) in [6, 6.07) is 27.3. The van der Waals surface area contributed by atoms with Crippen LogP contribution in [0.5, 0.6) is 0 Å². The monoisotopic (exact) mass is 392 g/mol. The van der Waals surface area contributed by atoms with Crippen LogP contribution in [0, 0.1) is 5.41 Å². The second-order valence-electron chi connectivity index (χ2n) is 6.70. The molecule has 0 aliphatic rings. The summed E-state index contributed by atoms with van der Waals surface area (Å²) < 4.78 is 3.02. The van der Waals surface area contributed by atoms with E-state index in [-0.39, 0.29) is 17.0 Å². The molecule has 3 aromatic carbocycles. The van der Waals surface area contributed by atoms with Crippen molar-refractivity contribution in [2.45, 2.75) is 0 Å². The van der Waals surface area contributed by atoms with Crippen LogP contribution in [0.4, 0.5) is 0 Å². The van der Waals surface area contributed by atoms with Crippen LogP contribution in [-0.2, 0) is 0 Å². The Morgan fingerprint density at radius 3 is 2.23 bits per heavy atom. The summed E-state index contributed by atoms with van der Waals surface area (Å²) >= 11 is 0. The maximum atomic E-state index is 13.1. The Kier molecular flexibility index (Phi) is 4.25. The minimum Gasteiger partial charge on any atom is -0.287 e. The Hall–Kier alpha value is -4.39. The van der Waals surface area contributed by atoms with Crippen molar-refractivity contribution in [2.75, 3.05) is 0 Å². The van der Waals surface area contributed by atoms with Gasteiger partial charge in [-0.15, -0.1) is 5.10 Å². The number of hydrogen-bond donors (Lipinski definition) is 1. The Morgan fingerprint density at radius 1 is 0.800 bits per heavy atom. The van der Waals surface area contributed by atoms with Crippen molar-refractivity contribution in [3.8, 4) is 11.4 Å². The third kappa shape index (κ3) is 2.98. The van der Waals surface area contributed by atoms with Gasteiger partial charge in [0, 0.05) is 5.56 Å². The zero-order valence-electron chi connectivity index (χ0n) is 15.8. The fourth-order valence-corrected chi connectivity index (χ4v) is 3.31. The number of para-hydroxylation sites is 2. The summed E-state index contributed by atoms with van der Waals surface area (Å²) in [7, 11) is 0. The van der Waals surface area contributed by atoms with E-state index in [2.05, 4.69) is 15.4 Å². The van der Waals surface area contributed by atoms with Gasteiger partial charge < -0.3 is 0 Å². The van der Waals surface area contributed by atoms with E-state index in [4.69, 9.17) is 5.41 Å². The van der Waals surface area contributed by atoms with Gasteiger partial charge in [0.2, 0.25) is 5.78 Å². The summed E-state index contributed by atoms with van der Waals surface area (Å²) in [6.07, 6.45) is 0. The highest BCUT2D eigenvalue weighted by Crippen LogP contribution is 2.16. The quantitative estimate of drug-likeness (QED) is 0.475. The molecule has 0 atom stereocenters. The lowest BCUT2D eigenvalue weighted by Gasteiger charge is -2.12. The Bertz CT molecular complexity index is 1420. The molecule has 0 aliphatic heterocycles. The molecule has 5 aromatic rings. The van der Waals surface area contributed by atoms with Crippen LogP contribution in [0.2, 0.25) is 0 Å². The SMILES string of the molecule is N=c1c(-n2nnc3ccccc32)cc(C(=O)c2ccccc2)nn1-c1ccccc1. The number of nitrogens with one attached hydrogen (secondary N) is 1. The highest BCUT2D eigenvalue weighted by atomic mass is 16.1. The van der Waals surface area contributed by atoms with E-state index in [0.717, 1.165) is 5.52 Å². The van der Waals surface area contributed by atoms with Crippen LogP contribution in [0.15, 0.2) is 91.0 Å². The van der Waals surface area contributed by atoms with Crippen molar-refractivity contribution < 1.29 is 4.79 Å². The Labute approximate surface area is 171 Å². The van der Waals surface area contributed by atoms with Crippen molar-refractivity contribution in [3.63, 3.8) is 0 Å². The maximum absolute atomic E-state index is 13.1. The van der Waals surface area contributed by atoms with Crippen LogP contribution < -0.4 is 5.49 Å². The Balaban J connectivity index is 1.78. The molecule has 0 amide bonds. The van der Waals surface area contributed by atoms with Crippen molar-refractivity contribution >= 4 is 16.8 Å². The number of ketones is 1. The highest BCUT2D eigenvalue weighted by Gasteiger charge is 2.18. The first-order valence-electron chi connectivity index (χ1n) is 9.37. The fraction of sp³-hybridized carbons (Fsp3) is 0. The minimum atomic E-state index is -0.231. The van der Waals surface area contributed by atoms with Crippen LogP contribution in [-0.4, -0.2) is 30.6 Å². The molecule has 0 bridgehead atoms. The van der Waals surface area contributed by atoms with E-state index in [1.54, 1.807) is 22.9 Å². The molecule has 0 radical (unpaired) electrons. The zero-order valence-corrected chi connectivity index (χ0v) is 15.8. The average Bonchev–Trinajstić information content (AvgIpc) is 3.24. The zero-order chi connectivity index (χ0) is 20.5. The van der Waals surface area contributed by atoms with Crippen molar-refractivity contribution in [1.82, 2.24) is 24.8 Å². The molecule has 30 heavy (non-hydrogen) atoms. The Morgan fingerprint density at radius 2 is 1.47 bits per heavy atom. The molecular weight excluding hydrogens is 376 g/mol. The summed E-state index contributed by atoms with van der Waals surface area (Å²) in [5.74, 6) is -0.231. The lowest BCUT2D eigenvalue weighted by molar-refractivity contribution is 0.103. The molecule has 7 heteroatoms. The molecule has 0 saturated heterocycles. The molecule has 0 aliphatic carbocycles. The first kappa shape index (κ1) is 17.7. The molecule has 0 unspecified atom stereocenters. The number of carbonyl (C=O) groups excluding carboxylic acids is 1. The van der Waals surface area contributed by atoms with Crippen molar-refractivity contribution in [3.05, 3.63) is 108 Å². The summed E-state index contributed by atoms with van der Waals surface area (Å²) in [5.41, 5.74) is 3.39. The van der Waals surface area contributed by atoms with Gasteiger partial charge >= 0.3 is 0 Å². The number of aromatic nitrogens is 5. The molecule has 144 valence electrons. The fourth-order valence-electron chi connectivity index (χ4n) is 3.31. The molecule has 7 nitrogen and oxygen atoms in total. The van der Waals surface area contributed by atoms with E-state index < -0.39 is 0 Å². The standard InChI is InChI=1S/C23H16N6O/c24-23-21(29-20-14-8-7-13-18(20)25-27-29)15-19(22(30)16-9-3-1-4-10-16)26-28(23)17-11-5-2-6-12-17/h1-15,24H. The van der Waals surface area contributed by atoms with Gasteiger partial charge in [-0.2, -0.15) is 5.10 Å². The lowest BCUT2D eigenvalue weighted by Crippen LogP contribution is -2.28. The van der Waals surface area contributed by atoms with Crippen LogP contribution in [0.1, 0.15) is 16.1 Å². The second-order valence-corrected chi connectivity index (χ2v) is 6.70.